The average Bonchev–Trinajstić information content (AvgIpc) is 2.18. The Kier molecular flexibility index (Phi) is 3.64. The van der Waals surface area contributed by atoms with E-state index < -0.39 is 5.97 Å². The Morgan fingerprint density at radius 1 is 1.43 bits per heavy atom. The summed E-state index contributed by atoms with van der Waals surface area (Å²) in [6, 6.07) is 0. The van der Waals surface area contributed by atoms with Gasteiger partial charge in [-0.1, -0.05) is 6.58 Å². The van der Waals surface area contributed by atoms with Gasteiger partial charge in [-0.25, -0.2) is 5.01 Å². The number of carbonyl (C=O) groups excluding carboxylic acids is 1. The maximum absolute atomic E-state index is 10.9. The molecule has 0 atom stereocenters. The molecule has 0 aromatic heterocycles. The molecule has 1 fully saturated rings. The van der Waals surface area contributed by atoms with Gasteiger partial charge in [-0.3, -0.25) is 15.0 Å². The number of piperidine rings is 1. The molecule has 5 nitrogen and oxygen atoms in total. The third-order valence-electron chi connectivity index (χ3n) is 2.30. The van der Waals surface area contributed by atoms with E-state index in [0.717, 1.165) is 0 Å². The Labute approximate surface area is 82.4 Å². The molecule has 0 aromatic rings. The van der Waals surface area contributed by atoms with E-state index >= 15 is 0 Å². The smallest absolute Gasteiger partial charge is 0.306 e. The van der Waals surface area contributed by atoms with Crippen molar-refractivity contribution in [1.29, 1.82) is 0 Å². The Morgan fingerprint density at radius 3 is 2.43 bits per heavy atom. The predicted octanol–water partition coefficient (Wildman–Crippen LogP) is 0.000200. The summed E-state index contributed by atoms with van der Waals surface area (Å²) in [7, 11) is 0. The number of hydrogen-bond donors (Lipinski definition) is 2. The van der Waals surface area contributed by atoms with Crippen LogP contribution in [-0.4, -0.2) is 35.1 Å². The van der Waals surface area contributed by atoms with Crippen molar-refractivity contribution in [1.82, 2.24) is 10.4 Å². The highest BCUT2D eigenvalue weighted by Gasteiger charge is 2.24. The molecule has 0 unspecified atom stereocenters. The largest absolute Gasteiger partial charge is 0.481 e. The van der Waals surface area contributed by atoms with Crippen molar-refractivity contribution >= 4 is 11.9 Å². The molecule has 78 valence electrons. The number of hydrogen-bond acceptors (Lipinski definition) is 3. The third kappa shape index (κ3) is 2.85. The molecule has 2 N–H and O–H groups in total. The van der Waals surface area contributed by atoms with Crippen molar-refractivity contribution in [2.45, 2.75) is 12.8 Å². The number of nitrogens with one attached hydrogen (secondary N) is 1. The van der Waals surface area contributed by atoms with Crippen molar-refractivity contribution < 1.29 is 14.7 Å². The van der Waals surface area contributed by atoms with Gasteiger partial charge in [0.2, 0.25) is 0 Å². The third-order valence-corrected chi connectivity index (χ3v) is 2.30. The molecule has 1 aliphatic rings. The van der Waals surface area contributed by atoms with Gasteiger partial charge in [-0.2, -0.15) is 0 Å². The van der Waals surface area contributed by atoms with Crippen LogP contribution in [0.1, 0.15) is 12.8 Å². The van der Waals surface area contributed by atoms with Crippen LogP contribution in [0.3, 0.4) is 0 Å². The molecule has 0 radical (unpaired) electrons. The molecule has 1 rings (SSSR count). The second-order valence-electron chi connectivity index (χ2n) is 3.28. The standard InChI is InChI=1S/C9H14N2O3/c1-2-8(12)10-11-5-3-7(4-6-11)9(13)14/h2,7H,1,3-6H2,(H,10,12)(H,13,14). The number of nitrogens with zero attached hydrogens (tertiary/aromatic N) is 1. The first-order valence-corrected chi connectivity index (χ1v) is 4.54. The lowest BCUT2D eigenvalue weighted by atomic mass is 9.98. The minimum Gasteiger partial charge on any atom is -0.481 e. The van der Waals surface area contributed by atoms with Gasteiger partial charge >= 0.3 is 5.97 Å². The highest BCUT2D eigenvalue weighted by Crippen LogP contribution is 2.15. The van der Waals surface area contributed by atoms with Crippen molar-refractivity contribution in [2.24, 2.45) is 5.92 Å². The van der Waals surface area contributed by atoms with Gasteiger partial charge in [0.05, 0.1) is 5.92 Å². The average molecular weight is 198 g/mol. The van der Waals surface area contributed by atoms with Gasteiger partial charge < -0.3 is 5.11 Å². The van der Waals surface area contributed by atoms with Crippen LogP contribution in [0.15, 0.2) is 12.7 Å². The number of amides is 1. The van der Waals surface area contributed by atoms with Crippen LogP contribution < -0.4 is 5.43 Å². The highest BCUT2D eigenvalue weighted by atomic mass is 16.4. The van der Waals surface area contributed by atoms with Gasteiger partial charge in [0.25, 0.3) is 5.91 Å². The monoisotopic (exact) mass is 198 g/mol. The summed E-state index contributed by atoms with van der Waals surface area (Å²) in [5, 5.41) is 10.5. The molecule has 1 amide bonds. The molecule has 0 aromatic carbocycles. The van der Waals surface area contributed by atoms with Crippen LogP contribution in [0.4, 0.5) is 0 Å². The number of aliphatic carboxylic acids is 1. The maximum atomic E-state index is 10.9. The van der Waals surface area contributed by atoms with E-state index in [-0.39, 0.29) is 11.8 Å². The predicted molar refractivity (Wildman–Crippen MR) is 50.3 cm³/mol. The number of carboxylic acids is 1. The van der Waals surface area contributed by atoms with Crippen LogP contribution in [0.25, 0.3) is 0 Å². The molecule has 0 saturated carbocycles. The fraction of sp³-hybridized carbons (Fsp3) is 0.556. The molecule has 14 heavy (non-hydrogen) atoms. The first kappa shape index (κ1) is 10.7. The van der Waals surface area contributed by atoms with E-state index in [1.54, 1.807) is 5.01 Å². The van der Waals surface area contributed by atoms with Crippen LogP contribution in [0.2, 0.25) is 0 Å². The van der Waals surface area contributed by atoms with Crippen LogP contribution in [0, 0.1) is 5.92 Å². The topological polar surface area (TPSA) is 69.6 Å². The molecule has 1 heterocycles. The molecule has 1 aliphatic heterocycles. The Hall–Kier alpha value is -1.36. The van der Waals surface area contributed by atoms with Gasteiger partial charge in [-0.15, -0.1) is 0 Å². The molecule has 1 saturated heterocycles. The molecular formula is C9H14N2O3. The van der Waals surface area contributed by atoms with E-state index in [4.69, 9.17) is 5.11 Å². The second kappa shape index (κ2) is 4.76. The zero-order chi connectivity index (χ0) is 10.6. The molecule has 5 heteroatoms. The van der Waals surface area contributed by atoms with Gasteiger partial charge in [0.15, 0.2) is 0 Å². The minimum absolute atomic E-state index is 0.251. The summed E-state index contributed by atoms with van der Waals surface area (Å²) in [5.41, 5.74) is 2.61. The lowest BCUT2D eigenvalue weighted by Gasteiger charge is -2.29. The second-order valence-corrected chi connectivity index (χ2v) is 3.28. The normalized spacial score (nSPS) is 18.9. The Balaban J connectivity index is 2.32. The Morgan fingerprint density at radius 2 is 2.00 bits per heavy atom. The molecular weight excluding hydrogens is 184 g/mol. The lowest BCUT2D eigenvalue weighted by molar-refractivity contribution is -0.143. The summed E-state index contributed by atoms with van der Waals surface area (Å²) < 4.78 is 0. The molecule has 0 aliphatic carbocycles. The summed E-state index contributed by atoms with van der Waals surface area (Å²) in [6.45, 7) is 4.50. The zero-order valence-electron chi connectivity index (χ0n) is 7.90. The molecule has 0 bridgehead atoms. The van der Waals surface area contributed by atoms with Crippen LogP contribution in [-0.2, 0) is 9.59 Å². The van der Waals surface area contributed by atoms with Crippen molar-refractivity contribution in [3.63, 3.8) is 0 Å². The fourth-order valence-electron chi connectivity index (χ4n) is 1.44. The minimum atomic E-state index is -0.750. The van der Waals surface area contributed by atoms with E-state index in [1.807, 2.05) is 0 Å². The van der Waals surface area contributed by atoms with E-state index in [9.17, 15) is 9.59 Å². The van der Waals surface area contributed by atoms with E-state index in [1.165, 1.54) is 6.08 Å². The number of carbonyl (C=O) groups is 2. The highest BCUT2D eigenvalue weighted by molar-refractivity contribution is 5.86. The lowest BCUT2D eigenvalue weighted by Crippen LogP contribution is -2.47. The summed E-state index contributed by atoms with van der Waals surface area (Å²) in [4.78, 5) is 21.5. The SMILES string of the molecule is C=CC(=O)NN1CCC(C(=O)O)CC1. The first-order chi connectivity index (χ1) is 6.63. The Bertz CT molecular complexity index is 244. The van der Waals surface area contributed by atoms with Gasteiger partial charge in [0, 0.05) is 13.1 Å². The number of carboxylic acid groups (broad SMARTS) is 1. The number of rotatable bonds is 3. The van der Waals surface area contributed by atoms with Gasteiger partial charge in [0.1, 0.15) is 0 Å². The first-order valence-electron chi connectivity index (χ1n) is 4.54. The summed E-state index contributed by atoms with van der Waals surface area (Å²) in [5.74, 6) is -1.27. The molecule has 0 spiro atoms. The van der Waals surface area contributed by atoms with Crippen LogP contribution in [0.5, 0.6) is 0 Å². The van der Waals surface area contributed by atoms with Crippen molar-refractivity contribution in [2.75, 3.05) is 13.1 Å². The van der Waals surface area contributed by atoms with Crippen molar-refractivity contribution in [3.8, 4) is 0 Å². The summed E-state index contributed by atoms with van der Waals surface area (Å²) in [6.07, 6.45) is 2.35. The van der Waals surface area contributed by atoms with Crippen LogP contribution >= 0.6 is 0 Å². The summed E-state index contributed by atoms with van der Waals surface area (Å²) >= 11 is 0. The fourth-order valence-corrected chi connectivity index (χ4v) is 1.44. The van der Waals surface area contributed by atoms with E-state index in [0.29, 0.717) is 25.9 Å². The quantitative estimate of drug-likeness (QED) is 0.626. The van der Waals surface area contributed by atoms with Crippen molar-refractivity contribution in [3.05, 3.63) is 12.7 Å². The maximum Gasteiger partial charge on any atom is 0.306 e. The number of hydrazine groups is 1. The van der Waals surface area contributed by atoms with Gasteiger partial charge in [-0.05, 0) is 18.9 Å². The van der Waals surface area contributed by atoms with E-state index in [2.05, 4.69) is 12.0 Å². The zero-order valence-corrected chi connectivity index (χ0v) is 7.90.